The summed E-state index contributed by atoms with van der Waals surface area (Å²) >= 11 is 0. The highest BCUT2D eigenvalue weighted by Gasteiger charge is 2.26. The van der Waals surface area contributed by atoms with Crippen LogP contribution >= 0.6 is 0 Å². The zero-order valence-corrected chi connectivity index (χ0v) is 14.4. The van der Waals surface area contributed by atoms with Crippen molar-refractivity contribution in [1.29, 1.82) is 0 Å². The summed E-state index contributed by atoms with van der Waals surface area (Å²) < 4.78 is 5.62. The van der Waals surface area contributed by atoms with E-state index in [-0.39, 0.29) is 11.8 Å². The molecule has 1 aliphatic rings. The Morgan fingerprint density at radius 1 is 0.920 bits per heavy atom. The van der Waals surface area contributed by atoms with Crippen LogP contribution in [-0.2, 0) is 9.53 Å². The molecule has 1 atom stereocenters. The van der Waals surface area contributed by atoms with Gasteiger partial charge in [0.05, 0.1) is 0 Å². The van der Waals surface area contributed by atoms with Crippen LogP contribution in [-0.4, -0.2) is 11.8 Å². The van der Waals surface area contributed by atoms with Crippen LogP contribution in [0.3, 0.4) is 0 Å². The lowest BCUT2D eigenvalue weighted by molar-refractivity contribution is -0.147. The summed E-state index contributed by atoms with van der Waals surface area (Å²) in [7, 11) is 0. The Labute approximate surface area is 149 Å². The van der Waals surface area contributed by atoms with Crippen LogP contribution < -0.4 is 0 Å². The van der Waals surface area contributed by atoms with E-state index in [1.807, 2.05) is 48.5 Å². The van der Waals surface area contributed by atoms with E-state index in [0.29, 0.717) is 23.5 Å². The highest BCUT2D eigenvalue weighted by atomic mass is 16.5. The third-order valence-electron chi connectivity index (χ3n) is 4.88. The molecule has 0 radical (unpaired) electrons. The number of hydrogen-bond donors (Lipinski definition) is 0. The van der Waals surface area contributed by atoms with Crippen molar-refractivity contribution in [3.05, 3.63) is 71.8 Å². The first kappa shape index (κ1) is 17.4. The Morgan fingerprint density at radius 2 is 1.52 bits per heavy atom. The fraction of sp³-hybridized carbons (Fsp3) is 0.364. The predicted molar refractivity (Wildman–Crippen MR) is 97.2 cm³/mol. The summed E-state index contributed by atoms with van der Waals surface area (Å²) in [4.78, 5) is 25.2. The molecule has 3 rings (SSSR count). The lowest BCUT2D eigenvalue weighted by Crippen LogP contribution is -2.20. The quantitative estimate of drug-likeness (QED) is 0.520. The minimum atomic E-state index is -0.875. The number of benzene rings is 2. The van der Waals surface area contributed by atoms with Gasteiger partial charge in [-0.25, -0.2) is 0 Å². The zero-order chi connectivity index (χ0) is 17.5. The molecular weight excluding hydrogens is 312 g/mol. The molecule has 2 aromatic rings. The molecule has 130 valence electrons. The van der Waals surface area contributed by atoms with E-state index in [2.05, 4.69) is 0 Å². The first-order valence-corrected chi connectivity index (χ1v) is 9.08. The molecule has 2 aromatic carbocycles. The van der Waals surface area contributed by atoms with Crippen LogP contribution in [0, 0.1) is 5.92 Å². The van der Waals surface area contributed by atoms with Crippen LogP contribution in [0.1, 0.15) is 60.6 Å². The standard InChI is InChI=1S/C22H24O3/c23-20(16-15-17-9-7-8-10-17)25-22(19-13-5-2-6-14-19)21(24)18-11-3-1-4-12-18/h1-6,11-14,17,22H,7-10,15-16H2. The van der Waals surface area contributed by atoms with Crippen molar-refractivity contribution in [3.63, 3.8) is 0 Å². The third-order valence-corrected chi connectivity index (χ3v) is 4.88. The lowest BCUT2D eigenvalue weighted by atomic mass is 9.99. The molecule has 1 saturated carbocycles. The Balaban J connectivity index is 1.70. The summed E-state index contributed by atoms with van der Waals surface area (Å²) in [5.41, 5.74) is 1.27. The van der Waals surface area contributed by atoms with Gasteiger partial charge in [-0.05, 0) is 12.3 Å². The monoisotopic (exact) mass is 336 g/mol. The van der Waals surface area contributed by atoms with Gasteiger partial charge < -0.3 is 4.74 Å². The third kappa shape index (κ3) is 4.79. The smallest absolute Gasteiger partial charge is 0.306 e. The highest BCUT2D eigenvalue weighted by molar-refractivity contribution is 6.00. The Morgan fingerprint density at radius 3 is 2.16 bits per heavy atom. The van der Waals surface area contributed by atoms with Crippen molar-refractivity contribution in [2.45, 2.75) is 44.6 Å². The van der Waals surface area contributed by atoms with Gasteiger partial charge in [0, 0.05) is 17.5 Å². The van der Waals surface area contributed by atoms with E-state index >= 15 is 0 Å². The lowest BCUT2D eigenvalue weighted by Gasteiger charge is -2.18. The van der Waals surface area contributed by atoms with Gasteiger partial charge in [0.15, 0.2) is 6.10 Å². The van der Waals surface area contributed by atoms with Gasteiger partial charge in [0.1, 0.15) is 0 Å². The van der Waals surface area contributed by atoms with Crippen molar-refractivity contribution >= 4 is 11.8 Å². The van der Waals surface area contributed by atoms with Gasteiger partial charge in [-0.3, -0.25) is 9.59 Å². The minimum absolute atomic E-state index is 0.180. The van der Waals surface area contributed by atoms with E-state index in [1.54, 1.807) is 12.1 Å². The van der Waals surface area contributed by atoms with Crippen molar-refractivity contribution < 1.29 is 14.3 Å². The number of ether oxygens (including phenoxy) is 1. The van der Waals surface area contributed by atoms with Crippen LogP contribution in [0.4, 0.5) is 0 Å². The van der Waals surface area contributed by atoms with Crippen molar-refractivity contribution in [1.82, 2.24) is 0 Å². The number of ketones is 1. The second-order valence-electron chi connectivity index (χ2n) is 6.70. The number of rotatable bonds is 7. The number of carbonyl (C=O) groups is 2. The summed E-state index contributed by atoms with van der Waals surface area (Å²) in [5.74, 6) is 0.165. The number of Topliss-reactive ketones (excluding diaryl/α,β-unsaturated/α-hetero) is 1. The highest BCUT2D eigenvalue weighted by Crippen LogP contribution is 2.29. The second-order valence-corrected chi connectivity index (χ2v) is 6.70. The molecule has 0 bridgehead atoms. The molecule has 0 N–H and O–H groups in total. The summed E-state index contributed by atoms with van der Waals surface area (Å²) in [6.45, 7) is 0. The van der Waals surface area contributed by atoms with Gasteiger partial charge in [-0.1, -0.05) is 86.3 Å². The van der Waals surface area contributed by atoms with Gasteiger partial charge in [0.2, 0.25) is 5.78 Å². The molecule has 0 heterocycles. The van der Waals surface area contributed by atoms with Crippen LogP contribution in [0.5, 0.6) is 0 Å². The van der Waals surface area contributed by atoms with E-state index in [4.69, 9.17) is 4.74 Å². The maximum atomic E-state index is 12.9. The molecule has 1 unspecified atom stereocenters. The Bertz CT molecular complexity index is 688. The fourth-order valence-corrected chi connectivity index (χ4v) is 3.47. The molecule has 0 saturated heterocycles. The minimum Gasteiger partial charge on any atom is -0.449 e. The molecule has 0 amide bonds. The van der Waals surface area contributed by atoms with Gasteiger partial charge in [0.25, 0.3) is 0 Å². The zero-order valence-electron chi connectivity index (χ0n) is 14.4. The molecule has 0 spiro atoms. The summed E-state index contributed by atoms with van der Waals surface area (Å²) in [6.07, 6.45) is 5.31. The van der Waals surface area contributed by atoms with Crippen molar-refractivity contribution in [2.75, 3.05) is 0 Å². The van der Waals surface area contributed by atoms with Crippen LogP contribution in [0.25, 0.3) is 0 Å². The fourth-order valence-electron chi connectivity index (χ4n) is 3.47. The largest absolute Gasteiger partial charge is 0.449 e. The Hall–Kier alpha value is -2.42. The first-order valence-electron chi connectivity index (χ1n) is 9.08. The summed E-state index contributed by atoms with van der Waals surface area (Å²) in [5, 5.41) is 0. The number of carbonyl (C=O) groups excluding carboxylic acids is 2. The molecule has 1 aliphatic carbocycles. The topological polar surface area (TPSA) is 43.4 Å². The molecule has 3 heteroatoms. The average molecular weight is 336 g/mol. The van der Waals surface area contributed by atoms with Crippen LogP contribution in [0.2, 0.25) is 0 Å². The first-order chi connectivity index (χ1) is 12.2. The number of hydrogen-bond acceptors (Lipinski definition) is 3. The predicted octanol–water partition coefficient (Wildman–Crippen LogP) is 5.12. The van der Waals surface area contributed by atoms with Gasteiger partial charge in [-0.2, -0.15) is 0 Å². The molecule has 0 aromatic heterocycles. The number of esters is 1. The van der Waals surface area contributed by atoms with Gasteiger partial charge in [-0.15, -0.1) is 0 Å². The van der Waals surface area contributed by atoms with Crippen molar-refractivity contribution in [3.8, 4) is 0 Å². The molecule has 25 heavy (non-hydrogen) atoms. The summed E-state index contributed by atoms with van der Waals surface area (Å²) in [6, 6.07) is 18.3. The SMILES string of the molecule is O=C(CCC1CCCC1)OC(C(=O)c1ccccc1)c1ccccc1. The Kier molecular flexibility index (Phi) is 5.99. The second kappa shape index (κ2) is 8.61. The van der Waals surface area contributed by atoms with Gasteiger partial charge >= 0.3 is 5.97 Å². The maximum absolute atomic E-state index is 12.9. The molecule has 1 fully saturated rings. The van der Waals surface area contributed by atoms with Crippen molar-refractivity contribution in [2.24, 2.45) is 5.92 Å². The normalized spacial score (nSPS) is 15.7. The average Bonchev–Trinajstić information content (AvgIpc) is 3.19. The van der Waals surface area contributed by atoms with E-state index in [0.717, 1.165) is 6.42 Å². The van der Waals surface area contributed by atoms with E-state index in [1.165, 1.54) is 25.7 Å². The van der Waals surface area contributed by atoms with Crippen LogP contribution in [0.15, 0.2) is 60.7 Å². The molecular formula is C22H24O3. The maximum Gasteiger partial charge on any atom is 0.306 e. The molecule has 3 nitrogen and oxygen atoms in total. The van der Waals surface area contributed by atoms with E-state index < -0.39 is 6.10 Å². The van der Waals surface area contributed by atoms with E-state index in [9.17, 15) is 9.59 Å². The molecule has 0 aliphatic heterocycles.